The number of hydrogen-bond donors (Lipinski definition) is 1. The molecule has 0 fully saturated rings. The third-order valence-electron chi connectivity index (χ3n) is 5.77. The maximum atomic E-state index is 13.1. The smallest absolute Gasteiger partial charge is 0.339 e. The normalized spacial score (nSPS) is 10.9. The molecule has 1 amide bonds. The number of hydrogen-bond acceptors (Lipinski definition) is 4. The Balaban J connectivity index is 1.40. The molecule has 4 aromatic carbocycles. The molecular weight excluding hydrogens is 460 g/mol. The van der Waals surface area contributed by atoms with Crippen LogP contribution in [0.4, 0.5) is 0 Å². The molecule has 5 rings (SSSR count). The molecule has 0 bridgehead atoms. The van der Waals surface area contributed by atoms with Gasteiger partial charge in [-0.05, 0) is 34.5 Å². The summed E-state index contributed by atoms with van der Waals surface area (Å²) in [6, 6.07) is 30.4. The van der Waals surface area contributed by atoms with Gasteiger partial charge >= 0.3 is 5.97 Å². The maximum absolute atomic E-state index is 13.1. The molecule has 0 atom stereocenters. The molecule has 1 N–H and O–H groups in total. The van der Waals surface area contributed by atoms with Crippen LogP contribution in [-0.2, 0) is 16.1 Å². The van der Waals surface area contributed by atoms with E-state index in [2.05, 4.69) is 5.32 Å². The molecule has 35 heavy (non-hydrogen) atoms. The number of benzene rings is 4. The van der Waals surface area contributed by atoms with Gasteiger partial charge in [0.25, 0.3) is 5.91 Å². The summed E-state index contributed by atoms with van der Waals surface area (Å²) in [6.45, 7) is -0.150. The van der Waals surface area contributed by atoms with Gasteiger partial charge in [0.15, 0.2) is 6.61 Å². The summed E-state index contributed by atoms with van der Waals surface area (Å²) in [6.07, 6.45) is 0. The van der Waals surface area contributed by atoms with Gasteiger partial charge in [-0.25, -0.2) is 9.78 Å². The number of halogens is 1. The monoisotopic (exact) mass is 480 g/mol. The van der Waals surface area contributed by atoms with E-state index in [0.717, 1.165) is 21.9 Å². The standard InChI is InChI=1S/C29H21ClN2O3/c30-25-14-5-2-9-20(25)17-31-28(33)18-35-29(34)24-16-27(32-26-15-6-4-12-23(24)26)22-13-7-10-19-8-1-3-11-21(19)22/h1-16H,17-18H2,(H,31,33). The molecule has 6 heteroatoms. The summed E-state index contributed by atoms with van der Waals surface area (Å²) in [5, 5.41) is 6.08. The lowest BCUT2D eigenvalue weighted by molar-refractivity contribution is -0.124. The number of nitrogens with one attached hydrogen (secondary N) is 1. The van der Waals surface area contributed by atoms with E-state index < -0.39 is 18.5 Å². The number of esters is 1. The number of amides is 1. The van der Waals surface area contributed by atoms with Crippen molar-refractivity contribution in [2.75, 3.05) is 6.61 Å². The number of carbonyl (C=O) groups excluding carboxylic acids is 2. The summed E-state index contributed by atoms with van der Waals surface area (Å²) in [4.78, 5) is 30.2. The molecular formula is C29H21ClN2O3. The molecule has 0 saturated heterocycles. The first kappa shape index (κ1) is 22.6. The Kier molecular flexibility index (Phi) is 6.42. The number of pyridine rings is 1. The Morgan fingerprint density at radius 1 is 0.829 bits per heavy atom. The van der Waals surface area contributed by atoms with Crippen molar-refractivity contribution in [2.24, 2.45) is 0 Å². The molecule has 5 aromatic rings. The fourth-order valence-corrected chi connectivity index (χ4v) is 4.23. The minimum atomic E-state index is -0.585. The second-order valence-corrected chi connectivity index (χ2v) is 8.45. The van der Waals surface area contributed by atoms with Crippen molar-refractivity contribution in [3.8, 4) is 11.3 Å². The van der Waals surface area contributed by atoms with E-state index in [-0.39, 0.29) is 6.54 Å². The molecule has 0 unspecified atom stereocenters. The Hall–Kier alpha value is -4.22. The molecule has 0 saturated carbocycles. The highest BCUT2D eigenvalue weighted by Crippen LogP contribution is 2.30. The zero-order valence-electron chi connectivity index (χ0n) is 18.7. The highest BCUT2D eigenvalue weighted by Gasteiger charge is 2.17. The van der Waals surface area contributed by atoms with Crippen molar-refractivity contribution in [3.05, 3.63) is 113 Å². The summed E-state index contributed by atoms with van der Waals surface area (Å²) in [7, 11) is 0. The second-order valence-electron chi connectivity index (χ2n) is 8.04. The van der Waals surface area contributed by atoms with E-state index in [1.54, 1.807) is 12.1 Å². The van der Waals surface area contributed by atoms with Gasteiger partial charge in [0.1, 0.15) is 0 Å². The molecule has 0 spiro atoms. The van der Waals surface area contributed by atoms with Gasteiger partial charge in [-0.2, -0.15) is 0 Å². The van der Waals surface area contributed by atoms with E-state index in [4.69, 9.17) is 21.3 Å². The van der Waals surface area contributed by atoms with E-state index >= 15 is 0 Å². The first-order chi connectivity index (χ1) is 17.1. The first-order valence-electron chi connectivity index (χ1n) is 11.2. The van der Waals surface area contributed by atoms with Gasteiger partial charge in [0.05, 0.1) is 16.8 Å². The number of rotatable bonds is 6. The largest absolute Gasteiger partial charge is 0.452 e. The van der Waals surface area contributed by atoms with Gasteiger partial charge in [-0.15, -0.1) is 0 Å². The fourth-order valence-electron chi connectivity index (χ4n) is 4.03. The highest BCUT2D eigenvalue weighted by atomic mass is 35.5. The molecule has 1 aromatic heterocycles. The number of aromatic nitrogens is 1. The van der Waals surface area contributed by atoms with E-state index in [1.807, 2.05) is 84.9 Å². The van der Waals surface area contributed by atoms with Gasteiger partial charge < -0.3 is 10.1 Å². The van der Waals surface area contributed by atoms with Gasteiger partial charge in [0, 0.05) is 22.5 Å². The summed E-state index contributed by atoms with van der Waals surface area (Å²) >= 11 is 6.13. The quantitative estimate of drug-likeness (QED) is 0.294. The third kappa shape index (κ3) is 4.86. The van der Waals surface area contributed by atoms with Crippen LogP contribution in [0.5, 0.6) is 0 Å². The van der Waals surface area contributed by atoms with Crippen LogP contribution in [0.3, 0.4) is 0 Å². The topological polar surface area (TPSA) is 68.3 Å². The number of ether oxygens (including phenoxy) is 1. The zero-order chi connectivity index (χ0) is 24.2. The Bertz CT molecular complexity index is 1560. The highest BCUT2D eigenvalue weighted by molar-refractivity contribution is 6.31. The van der Waals surface area contributed by atoms with E-state index in [0.29, 0.717) is 27.2 Å². The predicted molar refractivity (Wildman–Crippen MR) is 138 cm³/mol. The predicted octanol–water partition coefficient (Wildman–Crippen LogP) is 6.18. The number of nitrogens with zero attached hydrogens (tertiary/aromatic N) is 1. The summed E-state index contributed by atoms with van der Waals surface area (Å²) < 4.78 is 5.38. The number of para-hydroxylation sites is 1. The first-order valence-corrected chi connectivity index (χ1v) is 11.5. The van der Waals surface area contributed by atoms with Gasteiger partial charge in [0.2, 0.25) is 0 Å². The molecule has 1 heterocycles. The van der Waals surface area contributed by atoms with Crippen LogP contribution < -0.4 is 5.32 Å². The van der Waals surface area contributed by atoms with Gasteiger partial charge in [-0.1, -0.05) is 90.5 Å². The summed E-state index contributed by atoms with van der Waals surface area (Å²) in [5.74, 6) is -0.996. The van der Waals surface area contributed by atoms with E-state index in [1.165, 1.54) is 0 Å². The van der Waals surface area contributed by atoms with Crippen molar-refractivity contribution in [1.29, 1.82) is 0 Å². The Morgan fingerprint density at radius 3 is 2.40 bits per heavy atom. The Morgan fingerprint density at radius 2 is 1.54 bits per heavy atom. The van der Waals surface area contributed by atoms with E-state index in [9.17, 15) is 9.59 Å². The molecule has 0 aliphatic rings. The van der Waals surface area contributed by atoms with Crippen molar-refractivity contribution in [3.63, 3.8) is 0 Å². The van der Waals surface area contributed by atoms with Crippen LogP contribution in [0.2, 0.25) is 5.02 Å². The van der Waals surface area contributed by atoms with Crippen LogP contribution >= 0.6 is 11.6 Å². The van der Waals surface area contributed by atoms with Crippen molar-refractivity contribution >= 4 is 45.2 Å². The van der Waals surface area contributed by atoms with Crippen LogP contribution in [-0.4, -0.2) is 23.5 Å². The lowest BCUT2D eigenvalue weighted by atomic mass is 9.99. The maximum Gasteiger partial charge on any atom is 0.339 e. The SMILES string of the molecule is O=C(COC(=O)c1cc(-c2cccc3ccccc23)nc2ccccc12)NCc1ccccc1Cl. The van der Waals surface area contributed by atoms with Crippen molar-refractivity contribution < 1.29 is 14.3 Å². The molecule has 5 nitrogen and oxygen atoms in total. The summed E-state index contributed by atoms with van der Waals surface area (Å²) in [5.41, 5.74) is 3.40. The van der Waals surface area contributed by atoms with Crippen molar-refractivity contribution in [2.45, 2.75) is 6.54 Å². The Labute approximate surface area is 207 Å². The number of fused-ring (bicyclic) bond motifs is 2. The second kappa shape index (κ2) is 9.95. The third-order valence-corrected chi connectivity index (χ3v) is 6.14. The average Bonchev–Trinajstić information content (AvgIpc) is 2.90. The average molecular weight is 481 g/mol. The minimum Gasteiger partial charge on any atom is -0.452 e. The lowest BCUT2D eigenvalue weighted by Gasteiger charge is -2.12. The minimum absolute atomic E-state index is 0.249. The fraction of sp³-hybridized carbons (Fsp3) is 0.0690. The van der Waals surface area contributed by atoms with Crippen LogP contribution in [0.15, 0.2) is 97.1 Å². The molecule has 0 aliphatic carbocycles. The van der Waals surface area contributed by atoms with Crippen LogP contribution in [0.25, 0.3) is 32.9 Å². The molecule has 172 valence electrons. The van der Waals surface area contributed by atoms with Gasteiger partial charge in [-0.3, -0.25) is 4.79 Å². The van der Waals surface area contributed by atoms with Crippen LogP contribution in [0.1, 0.15) is 15.9 Å². The lowest BCUT2D eigenvalue weighted by Crippen LogP contribution is -2.28. The van der Waals surface area contributed by atoms with Crippen molar-refractivity contribution in [1.82, 2.24) is 10.3 Å². The van der Waals surface area contributed by atoms with Crippen LogP contribution in [0, 0.1) is 0 Å². The zero-order valence-corrected chi connectivity index (χ0v) is 19.5. The number of carbonyl (C=O) groups is 2. The molecule has 0 aliphatic heterocycles. The molecule has 0 radical (unpaired) electrons.